The van der Waals surface area contributed by atoms with Gasteiger partial charge >= 0.3 is 11.8 Å². The monoisotopic (exact) mass is 326 g/mol. The summed E-state index contributed by atoms with van der Waals surface area (Å²) in [5.74, 6) is -2.72. The van der Waals surface area contributed by atoms with E-state index in [1.54, 1.807) is 30.3 Å². The van der Waals surface area contributed by atoms with E-state index in [9.17, 15) is 14.4 Å². The predicted molar refractivity (Wildman–Crippen MR) is 92.7 cm³/mol. The molecule has 0 heterocycles. The fourth-order valence-electron chi connectivity index (χ4n) is 1.98. The lowest BCUT2D eigenvalue weighted by molar-refractivity contribution is -0.135. The van der Waals surface area contributed by atoms with E-state index in [1.165, 1.54) is 12.1 Å². The van der Waals surface area contributed by atoms with Crippen LogP contribution >= 0.6 is 0 Å². The molecule has 0 spiro atoms. The van der Waals surface area contributed by atoms with Crippen molar-refractivity contribution < 1.29 is 14.4 Å². The summed E-state index contributed by atoms with van der Waals surface area (Å²) in [4.78, 5) is 37.6. The topological polar surface area (TPSA) is 105 Å². The minimum atomic E-state index is -1.06. The number of hydrogen-bond donors (Lipinski definition) is 3. The lowest BCUT2D eigenvalue weighted by Gasteiger charge is -2.13. The number of hydrogen-bond acceptors (Lipinski definition) is 5. The number of carbonyl (C=O) groups excluding carboxylic acids is 3. The van der Waals surface area contributed by atoms with Gasteiger partial charge in [0.25, 0.3) is 5.91 Å². The zero-order chi connectivity index (χ0) is 17.7. The number of nitrogens with zero attached hydrogens (tertiary/aromatic N) is 1. The molecule has 0 radical (unpaired) electrons. The van der Waals surface area contributed by atoms with Gasteiger partial charge in [0.05, 0.1) is 5.56 Å². The second-order valence-corrected chi connectivity index (χ2v) is 5.27. The summed E-state index contributed by atoms with van der Waals surface area (Å²) in [5, 5.41) is 4.46. The molecule has 2 aromatic rings. The molecule has 124 valence electrons. The highest BCUT2D eigenvalue weighted by Gasteiger charge is 2.19. The minimum Gasteiger partial charge on any atom is -0.398 e. The normalized spacial score (nSPS) is 9.92. The zero-order valence-electron chi connectivity index (χ0n) is 13.4. The maximum atomic E-state index is 12.0. The summed E-state index contributed by atoms with van der Waals surface area (Å²) in [7, 11) is 3.72. The quantitative estimate of drug-likeness (QED) is 0.581. The number of nitrogens with two attached hydrogens (primary N) is 1. The lowest BCUT2D eigenvalue weighted by Crippen LogP contribution is -2.39. The van der Waals surface area contributed by atoms with Gasteiger partial charge in [-0.2, -0.15) is 0 Å². The summed E-state index contributed by atoms with van der Waals surface area (Å²) >= 11 is 0. The van der Waals surface area contributed by atoms with E-state index in [0.717, 1.165) is 5.69 Å². The van der Waals surface area contributed by atoms with Gasteiger partial charge in [0.2, 0.25) is 0 Å². The Morgan fingerprint density at radius 2 is 1.67 bits per heavy atom. The third-order valence-corrected chi connectivity index (χ3v) is 3.26. The first-order chi connectivity index (χ1) is 11.4. The van der Waals surface area contributed by atoms with Gasteiger partial charge in [-0.15, -0.1) is 0 Å². The molecule has 2 aromatic carbocycles. The van der Waals surface area contributed by atoms with Gasteiger partial charge in [-0.25, -0.2) is 0 Å². The summed E-state index contributed by atoms with van der Waals surface area (Å²) in [5.41, 5.74) is 7.34. The van der Waals surface area contributed by atoms with Crippen molar-refractivity contribution >= 4 is 34.8 Å². The number of para-hydroxylation sites is 1. The summed E-state index contributed by atoms with van der Waals surface area (Å²) in [6.07, 6.45) is 0. The molecule has 0 aromatic heterocycles. The Morgan fingerprint density at radius 3 is 2.33 bits per heavy atom. The van der Waals surface area contributed by atoms with E-state index in [1.807, 2.05) is 30.4 Å². The van der Waals surface area contributed by atoms with Crippen LogP contribution in [0.4, 0.5) is 17.1 Å². The average Bonchev–Trinajstić information content (AvgIpc) is 2.55. The number of carbonyl (C=O) groups is 3. The number of benzene rings is 2. The van der Waals surface area contributed by atoms with Gasteiger partial charge in [0.15, 0.2) is 0 Å². The molecule has 0 unspecified atom stereocenters. The van der Waals surface area contributed by atoms with Crippen LogP contribution in [0.1, 0.15) is 10.4 Å². The molecule has 4 N–H and O–H groups in total. The highest BCUT2D eigenvalue weighted by Crippen LogP contribution is 2.17. The van der Waals surface area contributed by atoms with E-state index in [4.69, 9.17) is 5.73 Å². The van der Waals surface area contributed by atoms with Crippen molar-refractivity contribution in [2.24, 2.45) is 0 Å². The van der Waals surface area contributed by atoms with E-state index in [0.29, 0.717) is 5.69 Å². The smallest absolute Gasteiger partial charge is 0.316 e. The molecule has 7 nitrogen and oxygen atoms in total. The van der Waals surface area contributed by atoms with Gasteiger partial charge in [-0.1, -0.05) is 18.2 Å². The van der Waals surface area contributed by atoms with Crippen LogP contribution in [0, 0.1) is 0 Å². The van der Waals surface area contributed by atoms with Crippen molar-refractivity contribution in [3.05, 3.63) is 54.1 Å². The molecule has 0 bridgehead atoms. The molecule has 0 saturated carbocycles. The minimum absolute atomic E-state index is 0.133. The average molecular weight is 326 g/mol. The fourth-order valence-corrected chi connectivity index (χ4v) is 1.98. The molecule has 7 heteroatoms. The van der Waals surface area contributed by atoms with Gasteiger partial charge in [0, 0.05) is 31.2 Å². The van der Waals surface area contributed by atoms with Gasteiger partial charge < -0.3 is 16.0 Å². The van der Waals surface area contributed by atoms with E-state index in [-0.39, 0.29) is 11.3 Å². The number of imide groups is 1. The van der Waals surface area contributed by atoms with Crippen LogP contribution < -0.4 is 21.3 Å². The highest BCUT2D eigenvalue weighted by atomic mass is 16.2. The van der Waals surface area contributed by atoms with Crippen LogP contribution in [0.5, 0.6) is 0 Å². The van der Waals surface area contributed by atoms with Crippen molar-refractivity contribution in [3.63, 3.8) is 0 Å². The van der Waals surface area contributed by atoms with Gasteiger partial charge in [-0.3, -0.25) is 19.7 Å². The highest BCUT2D eigenvalue weighted by molar-refractivity contribution is 6.42. The third-order valence-electron chi connectivity index (χ3n) is 3.26. The molecule has 0 aliphatic carbocycles. The van der Waals surface area contributed by atoms with Crippen LogP contribution in [0.25, 0.3) is 0 Å². The van der Waals surface area contributed by atoms with Crippen molar-refractivity contribution in [2.45, 2.75) is 0 Å². The number of nitrogen functional groups attached to an aromatic ring is 1. The largest absolute Gasteiger partial charge is 0.398 e. The molecule has 24 heavy (non-hydrogen) atoms. The number of anilines is 3. The Morgan fingerprint density at radius 1 is 0.958 bits per heavy atom. The van der Waals surface area contributed by atoms with E-state index < -0.39 is 17.7 Å². The fraction of sp³-hybridized carbons (Fsp3) is 0.118. The van der Waals surface area contributed by atoms with Crippen LogP contribution in [0.3, 0.4) is 0 Å². The van der Waals surface area contributed by atoms with Crippen LogP contribution in [0.15, 0.2) is 48.5 Å². The molecule has 0 fully saturated rings. The van der Waals surface area contributed by atoms with E-state index in [2.05, 4.69) is 5.32 Å². The van der Waals surface area contributed by atoms with Crippen molar-refractivity contribution in [3.8, 4) is 0 Å². The first-order valence-corrected chi connectivity index (χ1v) is 7.17. The molecule has 0 aliphatic heterocycles. The van der Waals surface area contributed by atoms with Crippen molar-refractivity contribution in [1.82, 2.24) is 5.32 Å². The molecule has 0 saturated heterocycles. The molecule has 3 amide bonds. The van der Waals surface area contributed by atoms with Gasteiger partial charge in [-0.05, 0) is 30.3 Å². The summed E-state index contributed by atoms with van der Waals surface area (Å²) < 4.78 is 0. The Bertz CT molecular complexity index is 787. The summed E-state index contributed by atoms with van der Waals surface area (Å²) in [6.45, 7) is 0. The third kappa shape index (κ3) is 4.10. The van der Waals surface area contributed by atoms with Gasteiger partial charge in [0.1, 0.15) is 0 Å². The number of nitrogens with one attached hydrogen (secondary N) is 2. The zero-order valence-corrected chi connectivity index (χ0v) is 13.4. The standard InChI is InChI=1S/C17H18N4O3/c1-21(2)12-7-5-6-11(10-12)19-16(23)17(24)20-15(22)13-8-3-4-9-14(13)18/h3-10H,18H2,1-2H3,(H,19,23)(H,20,22,24). The molecule has 0 aliphatic rings. The molecular formula is C17H18N4O3. The predicted octanol–water partition coefficient (Wildman–Crippen LogP) is 1.23. The molecule has 2 rings (SSSR count). The SMILES string of the molecule is CN(C)c1cccc(NC(=O)C(=O)NC(=O)c2ccccc2N)c1. The first kappa shape index (κ1) is 17.0. The Hall–Kier alpha value is -3.35. The first-order valence-electron chi connectivity index (χ1n) is 7.17. The Kier molecular flexibility index (Phi) is 5.16. The maximum Gasteiger partial charge on any atom is 0.316 e. The summed E-state index contributed by atoms with van der Waals surface area (Å²) in [6, 6.07) is 13.2. The molecule has 0 atom stereocenters. The Labute approximate surface area is 139 Å². The van der Waals surface area contributed by atoms with Crippen LogP contribution in [-0.4, -0.2) is 31.8 Å². The second-order valence-electron chi connectivity index (χ2n) is 5.27. The second kappa shape index (κ2) is 7.28. The number of amides is 3. The van der Waals surface area contributed by atoms with Crippen molar-refractivity contribution in [1.29, 1.82) is 0 Å². The Balaban J connectivity index is 2.02. The van der Waals surface area contributed by atoms with E-state index >= 15 is 0 Å². The van der Waals surface area contributed by atoms with Crippen LogP contribution in [-0.2, 0) is 9.59 Å². The van der Waals surface area contributed by atoms with Crippen molar-refractivity contribution in [2.75, 3.05) is 30.0 Å². The van der Waals surface area contributed by atoms with Crippen LogP contribution in [0.2, 0.25) is 0 Å². The molecular weight excluding hydrogens is 308 g/mol. The maximum absolute atomic E-state index is 12.0. The number of rotatable bonds is 3. The lowest BCUT2D eigenvalue weighted by atomic mass is 10.1.